The fourth-order valence-electron chi connectivity index (χ4n) is 6.05. The van der Waals surface area contributed by atoms with Gasteiger partial charge in [0.2, 0.25) is 11.8 Å². The average Bonchev–Trinajstić information content (AvgIpc) is 2.84. The van der Waals surface area contributed by atoms with E-state index in [0.717, 1.165) is 46.4 Å². The minimum Gasteiger partial charge on any atom is -0.352 e. The number of aromatic nitrogens is 1. The van der Waals surface area contributed by atoms with Crippen LogP contribution in [0.4, 0.5) is 10.6 Å². The third-order valence-corrected chi connectivity index (χ3v) is 7.88. The van der Waals surface area contributed by atoms with Gasteiger partial charge in [-0.15, -0.1) is 0 Å². The molecule has 3 aliphatic heterocycles. The topological polar surface area (TPSA) is 82.6 Å². The van der Waals surface area contributed by atoms with Crippen LogP contribution in [-0.2, 0) is 22.6 Å². The van der Waals surface area contributed by atoms with Crippen molar-refractivity contribution in [2.75, 3.05) is 11.4 Å². The highest BCUT2D eigenvalue weighted by Gasteiger charge is 2.62. The van der Waals surface area contributed by atoms with Crippen LogP contribution in [0.2, 0.25) is 0 Å². The first-order valence-electron chi connectivity index (χ1n) is 12.2. The smallest absolute Gasteiger partial charge is 0.331 e. The molecule has 4 amide bonds. The van der Waals surface area contributed by atoms with E-state index in [4.69, 9.17) is 4.98 Å². The number of carbonyl (C=O) groups is 3. The summed E-state index contributed by atoms with van der Waals surface area (Å²) >= 11 is 0. The van der Waals surface area contributed by atoms with Crippen LogP contribution in [0.3, 0.4) is 0 Å². The van der Waals surface area contributed by atoms with Crippen LogP contribution in [0.1, 0.15) is 36.5 Å². The maximum atomic E-state index is 14.2. The van der Waals surface area contributed by atoms with Gasteiger partial charge in [-0.25, -0.2) is 9.78 Å². The number of piperidine rings is 1. The average molecular weight is 469 g/mol. The summed E-state index contributed by atoms with van der Waals surface area (Å²) in [6.45, 7) is 5.05. The fraction of sp³-hybridized carbons (Fsp3) is 0.357. The standard InChI is InChI=1S/C28H28N4O3/c1-17-8-9-22-20(12-17)14-21-15-28(23-13-18(2)10-11-31(23)24(21)29-22)25(33)30-27(35)32(26(28)34)16-19-6-4-3-5-7-19/h3-9,12,14,18,23H,10-11,13,15-16H2,1-2H3,(H,30,33,35)/t18-,23-,28-/m0/s1. The zero-order valence-electron chi connectivity index (χ0n) is 20.0. The highest BCUT2D eigenvalue weighted by Crippen LogP contribution is 2.48. The van der Waals surface area contributed by atoms with E-state index in [1.54, 1.807) is 0 Å². The van der Waals surface area contributed by atoms with Gasteiger partial charge in [0, 0.05) is 18.4 Å². The van der Waals surface area contributed by atoms with Gasteiger partial charge in [0.25, 0.3) is 0 Å². The molecule has 2 saturated heterocycles. The molecule has 3 aromatic rings. The molecule has 6 rings (SSSR count). The summed E-state index contributed by atoms with van der Waals surface area (Å²) in [6.07, 6.45) is 1.89. The molecule has 0 unspecified atom stereocenters. The Balaban J connectivity index is 1.49. The quantitative estimate of drug-likeness (QED) is 0.576. The first kappa shape index (κ1) is 21.8. The predicted octanol–water partition coefficient (Wildman–Crippen LogP) is 3.97. The molecule has 0 saturated carbocycles. The number of amides is 4. The van der Waals surface area contributed by atoms with Gasteiger partial charge in [0.15, 0.2) is 5.41 Å². The van der Waals surface area contributed by atoms with E-state index in [1.165, 1.54) is 4.90 Å². The van der Waals surface area contributed by atoms with E-state index in [2.05, 4.69) is 29.3 Å². The Bertz CT molecular complexity index is 1370. The summed E-state index contributed by atoms with van der Waals surface area (Å²) in [6, 6.07) is 16.6. The van der Waals surface area contributed by atoms with Crippen LogP contribution in [0, 0.1) is 18.3 Å². The second-order valence-corrected chi connectivity index (χ2v) is 10.3. The lowest BCUT2D eigenvalue weighted by Crippen LogP contribution is -2.72. The van der Waals surface area contributed by atoms with E-state index in [1.807, 2.05) is 49.4 Å². The Hall–Kier alpha value is -3.74. The highest BCUT2D eigenvalue weighted by atomic mass is 16.2. The lowest BCUT2D eigenvalue weighted by atomic mass is 9.65. The highest BCUT2D eigenvalue weighted by molar-refractivity contribution is 6.20. The zero-order valence-corrected chi connectivity index (χ0v) is 20.0. The molecule has 0 radical (unpaired) electrons. The van der Waals surface area contributed by atoms with Crippen molar-refractivity contribution in [2.24, 2.45) is 11.3 Å². The first-order chi connectivity index (χ1) is 16.9. The van der Waals surface area contributed by atoms with Crippen LogP contribution in [0.25, 0.3) is 10.9 Å². The molecule has 0 bridgehead atoms. The lowest BCUT2D eigenvalue weighted by Gasteiger charge is -2.54. The SMILES string of the molecule is Cc1ccc2nc3c(cc2c1)C[C@@]1(C(=O)NC(=O)N(Cc2ccccc2)C1=O)[C@@H]1C[C@@H](C)CCN31. The molecule has 7 nitrogen and oxygen atoms in total. The van der Waals surface area contributed by atoms with Gasteiger partial charge in [-0.1, -0.05) is 48.9 Å². The Morgan fingerprint density at radius 1 is 1.09 bits per heavy atom. The number of nitrogens with one attached hydrogen (secondary N) is 1. The number of aryl methyl sites for hydroxylation is 1. The van der Waals surface area contributed by atoms with Crippen molar-refractivity contribution < 1.29 is 14.4 Å². The number of imide groups is 2. The number of fused-ring (bicyclic) bond motifs is 5. The Morgan fingerprint density at radius 2 is 1.89 bits per heavy atom. The van der Waals surface area contributed by atoms with Crippen LogP contribution in [-0.4, -0.2) is 40.3 Å². The van der Waals surface area contributed by atoms with E-state index >= 15 is 0 Å². The molecule has 2 aromatic carbocycles. The number of benzene rings is 2. The van der Waals surface area contributed by atoms with Gasteiger partial charge in [0.1, 0.15) is 5.82 Å². The molecule has 178 valence electrons. The zero-order chi connectivity index (χ0) is 24.3. The third kappa shape index (κ3) is 3.32. The van der Waals surface area contributed by atoms with Crippen molar-refractivity contribution in [3.63, 3.8) is 0 Å². The third-order valence-electron chi connectivity index (χ3n) is 7.88. The molecule has 4 heterocycles. The van der Waals surface area contributed by atoms with Crippen molar-refractivity contribution in [1.29, 1.82) is 0 Å². The van der Waals surface area contributed by atoms with Gasteiger partial charge >= 0.3 is 6.03 Å². The van der Waals surface area contributed by atoms with Gasteiger partial charge in [-0.05, 0) is 55.0 Å². The summed E-state index contributed by atoms with van der Waals surface area (Å²) in [5.41, 5.74) is 2.38. The second-order valence-electron chi connectivity index (χ2n) is 10.3. The van der Waals surface area contributed by atoms with E-state index in [0.29, 0.717) is 12.3 Å². The van der Waals surface area contributed by atoms with Crippen LogP contribution >= 0.6 is 0 Å². The Morgan fingerprint density at radius 3 is 2.69 bits per heavy atom. The Kier molecular flexibility index (Phi) is 4.91. The van der Waals surface area contributed by atoms with Crippen LogP contribution < -0.4 is 10.2 Å². The molecule has 3 aliphatic rings. The normalized spacial score (nSPS) is 26.1. The predicted molar refractivity (Wildman–Crippen MR) is 133 cm³/mol. The first-order valence-corrected chi connectivity index (χ1v) is 12.2. The maximum absolute atomic E-state index is 14.2. The fourth-order valence-corrected chi connectivity index (χ4v) is 6.05. The van der Waals surface area contributed by atoms with Crippen molar-refractivity contribution >= 4 is 34.6 Å². The minimum absolute atomic E-state index is 0.130. The van der Waals surface area contributed by atoms with E-state index in [9.17, 15) is 14.4 Å². The number of barbiturate groups is 1. The van der Waals surface area contributed by atoms with Gasteiger partial charge in [-0.2, -0.15) is 0 Å². The van der Waals surface area contributed by atoms with Crippen molar-refractivity contribution in [3.8, 4) is 0 Å². The monoisotopic (exact) mass is 468 g/mol. The molecule has 35 heavy (non-hydrogen) atoms. The molecule has 2 fully saturated rings. The van der Waals surface area contributed by atoms with Crippen molar-refractivity contribution in [1.82, 2.24) is 15.2 Å². The molecule has 1 spiro atoms. The molecule has 1 N–H and O–H groups in total. The van der Waals surface area contributed by atoms with Crippen LogP contribution in [0.15, 0.2) is 54.6 Å². The van der Waals surface area contributed by atoms with Crippen LogP contribution in [0.5, 0.6) is 0 Å². The molecular weight excluding hydrogens is 440 g/mol. The summed E-state index contributed by atoms with van der Waals surface area (Å²) < 4.78 is 0. The molecule has 0 aliphatic carbocycles. The lowest BCUT2D eigenvalue weighted by molar-refractivity contribution is -0.154. The maximum Gasteiger partial charge on any atom is 0.331 e. The number of nitrogens with zero attached hydrogens (tertiary/aromatic N) is 3. The number of hydrogen-bond acceptors (Lipinski definition) is 5. The Labute approximate surface area is 204 Å². The largest absolute Gasteiger partial charge is 0.352 e. The summed E-state index contributed by atoms with van der Waals surface area (Å²) in [5.74, 6) is 0.319. The molecule has 3 atom stereocenters. The number of urea groups is 1. The summed E-state index contributed by atoms with van der Waals surface area (Å²) in [4.78, 5) is 49.1. The number of pyridine rings is 1. The molecule has 7 heteroatoms. The van der Waals surface area contributed by atoms with E-state index in [-0.39, 0.29) is 19.0 Å². The molecule has 1 aromatic heterocycles. The number of hydrogen-bond donors (Lipinski definition) is 1. The number of anilines is 1. The number of rotatable bonds is 2. The van der Waals surface area contributed by atoms with Crippen molar-refractivity contribution in [3.05, 3.63) is 71.3 Å². The second kappa shape index (κ2) is 7.90. The number of carbonyl (C=O) groups excluding carboxylic acids is 3. The molecular formula is C28H28N4O3. The minimum atomic E-state index is -1.37. The summed E-state index contributed by atoms with van der Waals surface area (Å²) in [7, 11) is 0. The van der Waals surface area contributed by atoms with Crippen molar-refractivity contribution in [2.45, 2.75) is 45.7 Å². The van der Waals surface area contributed by atoms with E-state index < -0.39 is 23.3 Å². The van der Waals surface area contributed by atoms with Gasteiger partial charge in [-0.3, -0.25) is 19.8 Å². The van der Waals surface area contributed by atoms with Gasteiger partial charge in [0.05, 0.1) is 18.1 Å². The van der Waals surface area contributed by atoms with Gasteiger partial charge < -0.3 is 4.90 Å². The summed E-state index contributed by atoms with van der Waals surface area (Å²) in [5, 5.41) is 3.54.